The molecular weight excluding hydrogens is 140 g/mol. The van der Waals surface area contributed by atoms with Crippen LogP contribution >= 0.6 is 0 Å². The van der Waals surface area contributed by atoms with Gasteiger partial charge in [0.1, 0.15) is 11.6 Å². The normalized spacial score (nSPS) is 10.6. The predicted molar refractivity (Wildman–Crippen MR) is 43.0 cm³/mol. The number of nitrogens with two attached hydrogens (primary N) is 1. The maximum absolute atomic E-state index is 5.47. The molecule has 0 fully saturated rings. The van der Waals surface area contributed by atoms with Gasteiger partial charge in [-0.05, 0) is 6.92 Å². The van der Waals surface area contributed by atoms with Crippen LogP contribution in [0.2, 0.25) is 0 Å². The maximum Gasteiger partial charge on any atom is 0.125 e. The van der Waals surface area contributed by atoms with Crippen molar-refractivity contribution in [3.63, 3.8) is 0 Å². The highest BCUT2D eigenvalue weighted by Crippen LogP contribution is 2.11. The van der Waals surface area contributed by atoms with E-state index in [0.29, 0.717) is 5.82 Å². The van der Waals surface area contributed by atoms with Crippen LogP contribution < -0.4 is 5.73 Å². The molecular formula is C7H8N4. The summed E-state index contributed by atoms with van der Waals surface area (Å²) in [5, 5.41) is 0. The van der Waals surface area contributed by atoms with Gasteiger partial charge in [-0.1, -0.05) is 0 Å². The van der Waals surface area contributed by atoms with Gasteiger partial charge in [0.25, 0.3) is 0 Å². The molecule has 11 heavy (non-hydrogen) atoms. The van der Waals surface area contributed by atoms with Gasteiger partial charge in [-0.2, -0.15) is 0 Å². The van der Waals surface area contributed by atoms with E-state index >= 15 is 0 Å². The number of aromatic nitrogens is 3. The van der Waals surface area contributed by atoms with Crippen LogP contribution in [-0.4, -0.2) is 15.0 Å². The van der Waals surface area contributed by atoms with Crippen LogP contribution in [0.15, 0.2) is 12.3 Å². The number of hydrogen-bond donors (Lipinski definition) is 2. The minimum atomic E-state index is 0.504. The number of aromatic amines is 1. The summed E-state index contributed by atoms with van der Waals surface area (Å²) in [7, 11) is 0. The first-order valence-corrected chi connectivity index (χ1v) is 3.33. The van der Waals surface area contributed by atoms with E-state index in [1.165, 1.54) is 0 Å². The minimum Gasteiger partial charge on any atom is -0.384 e. The number of aryl methyl sites for hydroxylation is 1. The molecule has 0 unspecified atom stereocenters. The van der Waals surface area contributed by atoms with Crippen LogP contribution in [-0.2, 0) is 0 Å². The van der Waals surface area contributed by atoms with Crippen molar-refractivity contribution in [2.45, 2.75) is 6.92 Å². The molecule has 2 heterocycles. The zero-order valence-corrected chi connectivity index (χ0v) is 6.13. The highest BCUT2D eigenvalue weighted by Gasteiger charge is 1.98. The average molecular weight is 148 g/mol. The van der Waals surface area contributed by atoms with Gasteiger partial charge < -0.3 is 10.7 Å². The van der Waals surface area contributed by atoms with Crippen molar-refractivity contribution in [3.05, 3.63) is 18.1 Å². The smallest absolute Gasteiger partial charge is 0.125 e. The molecule has 2 rings (SSSR count). The molecule has 0 bridgehead atoms. The molecule has 3 N–H and O–H groups in total. The molecule has 56 valence electrons. The molecule has 0 aliphatic heterocycles. The highest BCUT2D eigenvalue weighted by atomic mass is 14.9. The predicted octanol–water partition coefficient (Wildman–Crippen LogP) is 0.849. The standard InChI is InChI=1S/C7H8N4/c1-4-10-5-2-7(8)9-3-6(5)11-4/h2-3H,1H3,(H2,8,9)(H,10,11). The summed E-state index contributed by atoms with van der Waals surface area (Å²) in [6.45, 7) is 1.90. The molecule has 4 nitrogen and oxygen atoms in total. The lowest BCUT2D eigenvalue weighted by atomic mass is 10.4. The molecule has 0 spiro atoms. The van der Waals surface area contributed by atoms with Crippen LogP contribution in [0.3, 0.4) is 0 Å². The Morgan fingerprint density at radius 3 is 3.18 bits per heavy atom. The van der Waals surface area contributed by atoms with E-state index < -0.39 is 0 Å². The Kier molecular flexibility index (Phi) is 1.09. The highest BCUT2D eigenvalue weighted by molar-refractivity contribution is 5.76. The van der Waals surface area contributed by atoms with Crippen LogP contribution in [0.25, 0.3) is 11.0 Å². The van der Waals surface area contributed by atoms with Crippen molar-refractivity contribution in [2.75, 3.05) is 5.73 Å². The molecule has 2 aromatic heterocycles. The van der Waals surface area contributed by atoms with Gasteiger partial charge in [0, 0.05) is 6.07 Å². The first kappa shape index (κ1) is 6.15. The lowest BCUT2D eigenvalue weighted by Gasteiger charge is -1.88. The third-order valence-corrected chi connectivity index (χ3v) is 1.51. The largest absolute Gasteiger partial charge is 0.384 e. The summed E-state index contributed by atoms with van der Waals surface area (Å²) in [5.41, 5.74) is 7.27. The average Bonchev–Trinajstić information content (AvgIpc) is 2.27. The molecule has 0 saturated heterocycles. The SMILES string of the molecule is Cc1nc2cc(N)ncc2[nH]1. The van der Waals surface area contributed by atoms with Crippen LogP contribution in [0, 0.1) is 6.92 Å². The lowest BCUT2D eigenvalue weighted by Crippen LogP contribution is -1.87. The summed E-state index contributed by atoms with van der Waals surface area (Å²) in [6, 6.07) is 1.75. The Balaban J connectivity index is 2.82. The number of nitrogens with one attached hydrogen (secondary N) is 1. The van der Waals surface area contributed by atoms with Crippen molar-refractivity contribution < 1.29 is 0 Å². The van der Waals surface area contributed by atoms with Gasteiger partial charge in [0.2, 0.25) is 0 Å². The van der Waals surface area contributed by atoms with Gasteiger partial charge in [-0.3, -0.25) is 0 Å². The topological polar surface area (TPSA) is 67.6 Å². The summed E-state index contributed by atoms with van der Waals surface area (Å²) in [5.74, 6) is 1.39. The third kappa shape index (κ3) is 0.920. The van der Waals surface area contributed by atoms with Crippen molar-refractivity contribution in [1.82, 2.24) is 15.0 Å². The zero-order chi connectivity index (χ0) is 7.84. The fourth-order valence-electron chi connectivity index (χ4n) is 1.05. The van der Waals surface area contributed by atoms with Crippen LogP contribution in [0.4, 0.5) is 5.82 Å². The Bertz CT molecular complexity index is 390. The molecule has 0 amide bonds. The van der Waals surface area contributed by atoms with Gasteiger partial charge in [-0.15, -0.1) is 0 Å². The summed E-state index contributed by atoms with van der Waals surface area (Å²) in [6.07, 6.45) is 1.69. The van der Waals surface area contributed by atoms with Gasteiger partial charge in [-0.25, -0.2) is 9.97 Å². The molecule has 0 saturated carbocycles. The number of nitrogen functional groups attached to an aromatic ring is 1. The summed E-state index contributed by atoms with van der Waals surface area (Å²) < 4.78 is 0. The quantitative estimate of drug-likeness (QED) is 0.582. The van der Waals surface area contributed by atoms with Gasteiger partial charge in [0.15, 0.2) is 0 Å². The van der Waals surface area contributed by atoms with E-state index in [4.69, 9.17) is 5.73 Å². The van der Waals surface area contributed by atoms with Gasteiger partial charge >= 0.3 is 0 Å². The molecule has 0 radical (unpaired) electrons. The Labute approximate surface area is 63.5 Å². The number of fused-ring (bicyclic) bond motifs is 1. The Hall–Kier alpha value is -1.58. The lowest BCUT2D eigenvalue weighted by molar-refractivity contribution is 1.17. The van der Waals surface area contributed by atoms with E-state index in [1.54, 1.807) is 12.3 Å². The third-order valence-electron chi connectivity index (χ3n) is 1.51. The maximum atomic E-state index is 5.47. The zero-order valence-electron chi connectivity index (χ0n) is 6.13. The van der Waals surface area contributed by atoms with Crippen LogP contribution in [0.5, 0.6) is 0 Å². The van der Waals surface area contributed by atoms with E-state index in [2.05, 4.69) is 15.0 Å². The first-order valence-electron chi connectivity index (χ1n) is 3.33. The van der Waals surface area contributed by atoms with Crippen molar-refractivity contribution in [1.29, 1.82) is 0 Å². The van der Waals surface area contributed by atoms with Crippen LogP contribution in [0.1, 0.15) is 5.82 Å². The first-order chi connectivity index (χ1) is 5.25. The number of hydrogen-bond acceptors (Lipinski definition) is 3. The number of imidazole rings is 1. The fraction of sp³-hybridized carbons (Fsp3) is 0.143. The minimum absolute atomic E-state index is 0.504. The summed E-state index contributed by atoms with van der Waals surface area (Å²) in [4.78, 5) is 11.2. The van der Waals surface area contributed by atoms with E-state index in [9.17, 15) is 0 Å². The Morgan fingerprint density at radius 2 is 2.36 bits per heavy atom. The molecule has 0 aliphatic carbocycles. The number of nitrogens with zero attached hydrogens (tertiary/aromatic N) is 2. The van der Waals surface area contributed by atoms with E-state index in [1.807, 2.05) is 6.92 Å². The van der Waals surface area contributed by atoms with E-state index in [0.717, 1.165) is 16.9 Å². The Morgan fingerprint density at radius 1 is 1.55 bits per heavy atom. The molecule has 0 aromatic carbocycles. The molecule has 4 heteroatoms. The summed E-state index contributed by atoms with van der Waals surface area (Å²) >= 11 is 0. The van der Waals surface area contributed by atoms with E-state index in [-0.39, 0.29) is 0 Å². The molecule has 2 aromatic rings. The number of H-pyrrole nitrogens is 1. The van der Waals surface area contributed by atoms with Gasteiger partial charge in [0.05, 0.1) is 17.2 Å². The van der Waals surface area contributed by atoms with Crippen molar-refractivity contribution in [3.8, 4) is 0 Å². The number of pyridine rings is 1. The van der Waals surface area contributed by atoms with Crippen molar-refractivity contribution in [2.24, 2.45) is 0 Å². The monoisotopic (exact) mass is 148 g/mol. The van der Waals surface area contributed by atoms with Crippen molar-refractivity contribution >= 4 is 16.9 Å². The number of rotatable bonds is 0. The fourth-order valence-corrected chi connectivity index (χ4v) is 1.05. The second-order valence-corrected chi connectivity index (χ2v) is 2.45. The molecule has 0 aliphatic rings. The molecule has 0 atom stereocenters. The second-order valence-electron chi connectivity index (χ2n) is 2.45. The number of anilines is 1. The second kappa shape index (κ2) is 1.95.